The molecule has 0 aliphatic heterocycles. The number of hydrogen-bond acceptors (Lipinski definition) is 4. The minimum absolute atomic E-state index is 0.0113. The molecule has 0 aliphatic carbocycles. The van der Waals surface area contributed by atoms with Crippen LogP contribution < -0.4 is 10.0 Å². The first-order chi connectivity index (χ1) is 9.46. The molecule has 6 heteroatoms. The summed E-state index contributed by atoms with van der Waals surface area (Å²) in [5.41, 5.74) is 6.35. The Morgan fingerprint density at radius 3 is 2.45 bits per heavy atom. The van der Waals surface area contributed by atoms with Gasteiger partial charge >= 0.3 is 0 Å². The molecule has 0 amide bonds. The Morgan fingerprint density at radius 1 is 1.15 bits per heavy atom. The normalized spacial score (nSPS) is 11.2. The number of nitrogens with zero attached hydrogens (tertiary/aromatic N) is 1. The number of benzene rings is 2. The zero-order chi connectivity index (χ0) is 14.8. The van der Waals surface area contributed by atoms with E-state index in [-0.39, 0.29) is 22.9 Å². The van der Waals surface area contributed by atoms with E-state index in [0.717, 1.165) is 0 Å². The van der Waals surface area contributed by atoms with E-state index in [0.29, 0.717) is 5.69 Å². The SMILES string of the molecule is CCN(c1cccc(O)c1)S(=O)(=O)c1ccccc1N. The summed E-state index contributed by atoms with van der Waals surface area (Å²) >= 11 is 0. The second-order valence-electron chi connectivity index (χ2n) is 4.23. The maximum absolute atomic E-state index is 12.7. The predicted octanol–water partition coefficient (Wildman–Crippen LogP) is 2.19. The predicted molar refractivity (Wildman–Crippen MR) is 79.2 cm³/mol. The van der Waals surface area contributed by atoms with Crippen LogP contribution in [-0.2, 0) is 10.0 Å². The molecule has 5 nitrogen and oxygen atoms in total. The minimum atomic E-state index is -3.75. The van der Waals surface area contributed by atoms with Gasteiger partial charge in [0.2, 0.25) is 0 Å². The maximum Gasteiger partial charge on any atom is 0.266 e. The monoisotopic (exact) mass is 292 g/mol. The van der Waals surface area contributed by atoms with Crippen molar-refractivity contribution >= 4 is 21.4 Å². The molecule has 2 aromatic rings. The number of aromatic hydroxyl groups is 1. The Kier molecular flexibility index (Phi) is 3.85. The molecule has 0 spiro atoms. The summed E-state index contributed by atoms with van der Waals surface area (Å²) in [6.07, 6.45) is 0. The van der Waals surface area contributed by atoms with E-state index in [2.05, 4.69) is 0 Å². The van der Waals surface area contributed by atoms with Gasteiger partial charge in [-0.25, -0.2) is 8.42 Å². The molecule has 0 bridgehead atoms. The van der Waals surface area contributed by atoms with Crippen molar-refractivity contribution in [3.63, 3.8) is 0 Å². The lowest BCUT2D eigenvalue weighted by Gasteiger charge is -2.23. The van der Waals surface area contributed by atoms with Crippen LogP contribution >= 0.6 is 0 Å². The number of sulfonamides is 1. The number of hydrogen-bond donors (Lipinski definition) is 2. The van der Waals surface area contributed by atoms with Crippen LogP contribution in [0.2, 0.25) is 0 Å². The third-order valence-electron chi connectivity index (χ3n) is 2.89. The third kappa shape index (κ3) is 2.55. The van der Waals surface area contributed by atoms with Crippen LogP contribution in [0, 0.1) is 0 Å². The average molecular weight is 292 g/mol. The van der Waals surface area contributed by atoms with Crippen molar-refractivity contribution in [3.05, 3.63) is 48.5 Å². The summed E-state index contributed by atoms with van der Waals surface area (Å²) in [6, 6.07) is 12.4. The van der Waals surface area contributed by atoms with Gasteiger partial charge in [0.1, 0.15) is 10.6 Å². The lowest BCUT2D eigenvalue weighted by atomic mass is 10.3. The standard InChI is InChI=1S/C14H16N2O3S/c1-2-16(11-6-5-7-12(17)10-11)20(18,19)14-9-4-3-8-13(14)15/h3-10,17H,2,15H2,1H3. The Bertz CT molecular complexity index is 714. The number of rotatable bonds is 4. The van der Waals surface area contributed by atoms with E-state index >= 15 is 0 Å². The summed E-state index contributed by atoms with van der Waals surface area (Å²) in [5.74, 6) is 0.0113. The molecule has 0 aromatic heterocycles. The topological polar surface area (TPSA) is 83.6 Å². The van der Waals surface area contributed by atoms with Crippen molar-refractivity contribution < 1.29 is 13.5 Å². The second-order valence-corrected chi connectivity index (χ2v) is 6.06. The third-order valence-corrected chi connectivity index (χ3v) is 4.87. The van der Waals surface area contributed by atoms with Gasteiger partial charge in [0.15, 0.2) is 0 Å². The lowest BCUT2D eigenvalue weighted by molar-refractivity contribution is 0.475. The minimum Gasteiger partial charge on any atom is -0.508 e. The maximum atomic E-state index is 12.7. The van der Waals surface area contributed by atoms with Gasteiger partial charge in [-0.05, 0) is 31.2 Å². The molecule has 20 heavy (non-hydrogen) atoms. The van der Waals surface area contributed by atoms with Gasteiger partial charge in [-0.15, -0.1) is 0 Å². The molecule has 0 saturated heterocycles. The fourth-order valence-corrected chi connectivity index (χ4v) is 3.56. The second kappa shape index (κ2) is 5.42. The summed E-state index contributed by atoms with van der Waals surface area (Å²) in [5, 5.41) is 9.50. The Labute approximate surface area is 118 Å². The molecular weight excluding hydrogens is 276 g/mol. The fourth-order valence-electron chi connectivity index (χ4n) is 1.97. The smallest absolute Gasteiger partial charge is 0.266 e. The molecule has 0 unspecified atom stereocenters. The van der Waals surface area contributed by atoms with Crippen LogP contribution in [0.1, 0.15) is 6.92 Å². The van der Waals surface area contributed by atoms with Gasteiger partial charge < -0.3 is 10.8 Å². The fraction of sp³-hybridized carbons (Fsp3) is 0.143. The first-order valence-electron chi connectivity index (χ1n) is 6.13. The number of anilines is 2. The molecule has 0 atom stereocenters. The van der Waals surface area contributed by atoms with E-state index in [1.807, 2.05) is 0 Å². The number of para-hydroxylation sites is 1. The van der Waals surface area contributed by atoms with Crippen molar-refractivity contribution in [1.29, 1.82) is 0 Å². The molecule has 106 valence electrons. The zero-order valence-corrected chi connectivity index (χ0v) is 11.8. The van der Waals surface area contributed by atoms with Crippen LogP contribution in [-0.4, -0.2) is 20.1 Å². The number of nitrogens with two attached hydrogens (primary N) is 1. The van der Waals surface area contributed by atoms with Crippen LogP contribution in [0.5, 0.6) is 5.75 Å². The molecule has 0 heterocycles. The summed E-state index contributed by atoms with van der Waals surface area (Å²) in [4.78, 5) is 0.0604. The highest BCUT2D eigenvalue weighted by molar-refractivity contribution is 7.93. The molecule has 2 aromatic carbocycles. The van der Waals surface area contributed by atoms with Gasteiger partial charge in [0.25, 0.3) is 10.0 Å². The van der Waals surface area contributed by atoms with E-state index in [4.69, 9.17) is 5.73 Å². The van der Waals surface area contributed by atoms with Crippen molar-refractivity contribution in [2.24, 2.45) is 0 Å². The molecule has 0 saturated carbocycles. The highest BCUT2D eigenvalue weighted by Gasteiger charge is 2.25. The quantitative estimate of drug-likeness (QED) is 0.846. The van der Waals surface area contributed by atoms with Crippen molar-refractivity contribution in [3.8, 4) is 5.75 Å². The summed E-state index contributed by atoms with van der Waals surface area (Å²) in [6.45, 7) is 1.96. The van der Waals surface area contributed by atoms with E-state index in [1.165, 1.54) is 22.5 Å². The van der Waals surface area contributed by atoms with Crippen molar-refractivity contribution in [2.75, 3.05) is 16.6 Å². The molecular formula is C14H16N2O3S. The molecule has 0 fully saturated rings. The summed E-state index contributed by atoms with van der Waals surface area (Å²) < 4.78 is 26.5. The van der Waals surface area contributed by atoms with Crippen LogP contribution in [0.25, 0.3) is 0 Å². The first-order valence-corrected chi connectivity index (χ1v) is 7.57. The molecule has 0 radical (unpaired) electrons. The van der Waals surface area contributed by atoms with Crippen LogP contribution in [0.3, 0.4) is 0 Å². The number of phenolic OH excluding ortho intramolecular Hbond substituents is 1. The molecule has 2 rings (SSSR count). The lowest BCUT2D eigenvalue weighted by Crippen LogP contribution is -2.31. The summed E-state index contributed by atoms with van der Waals surface area (Å²) in [7, 11) is -3.75. The zero-order valence-electron chi connectivity index (χ0n) is 11.0. The Balaban J connectivity index is 2.54. The Hall–Kier alpha value is -2.21. The van der Waals surface area contributed by atoms with Gasteiger partial charge in [0, 0.05) is 12.6 Å². The Morgan fingerprint density at radius 2 is 1.85 bits per heavy atom. The van der Waals surface area contributed by atoms with Crippen LogP contribution in [0.4, 0.5) is 11.4 Å². The van der Waals surface area contributed by atoms with Crippen molar-refractivity contribution in [1.82, 2.24) is 0 Å². The largest absolute Gasteiger partial charge is 0.508 e. The van der Waals surface area contributed by atoms with Gasteiger partial charge in [-0.1, -0.05) is 18.2 Å². The number of nitrogen functional groups attached to an aromatic ring is 1. The van der Waals surface area contributed by atoms with Crippen LogP contribution in [0.15, 0.2) is 53.4 Å². The van der Waals surface area contributed by atoms with Gasteiger partial charge in [0.05, 0.1) is 11.4 Å². The average Bonchev–Trinajstić information content (AvgIpc) is 2.39. The van der Waals surface area contributed by atoms with E-state index in [9.17, 15) is 13.5 Å². The van der Waals surface area contributed by atoms with Gasteiger partial charge in [-0.3, -0.25) is 4.31 Å². The highest BCUT2D eigenvalue weighted by Crippen LogP contribution is 2.28. The molecule has 0 aliphatic rings. The highest BCUT2D eigenvalue weighted by atomic mass is 32.2. The molecule has 3 N–H and O–H groups in total. The first kappa shape index (κ1) is 14.2. The van der Waals surface area contributed by atoms with E-state index in [1.54, 1.807) is 37.3 Å². The number of phenols is 1. The van der Waals surface area contributed by atoms with E-state index < -0.39 is 10.0 Å². The van der Waals surface area contributed by atoms with Gasteiger partial charge in [-0.2, -0.15) is 0 Å². The van der Waals surface area contributed by atoms with Crippen molar-refractivity contribution in [2.45, 2.75) is 11.8 Å².